The number of amides is 1. The van der Waals surface area contributed by atoms with Crippen molar-refractivity contribution in [2.45, 2.75) is 37.9 Å². The molecule has 1 aliphatic carbocycles. The van der Waals surface area contributed by atoms with E-state index in [1.807, 2.05) is 4.90 Å². The number of morpholine rings is 1. The van der Waals surface area contributed by atoms with Gasteiger partial charge in [0.2, 0.25) is 5.91 Å². The van der Waals surface area contributed by atoms with Crippen molar-refractivity contribution < 1.29 is 19.0 Å². The number of carbonyl (C=O) groups excluding carboxylic acids is 1. The molecule has 1 amide bonds. The summed E-state index contributed by atoms with van der Waals surface area (Å²) < 4.78 is 17.8. The Morgan fingerprint density at radius 2 is 2.03 bits per heavy atom. The molecular weight excluding hydrogens is 430 g/mol. The highest BCUT2D eigenvalue weighted by Crippen LogP contribution is 2.33. The topological polar surface area (TPSA) is 75.0 Å². The molecule has 3 atom stereocenters. The Morgan fingerprint density at radius 3 is 2.82 bits per heavy atom. The number of ether oxygens (including phenoxy) is 3. The van der Waals surface area contributed by atoms with Gasteiger partial charge in [-0.1, -0.05) is 24.3 Å². The predicted molar refractivity (Wildman–Crippen MR) is 128 cm³/mol. The third kappa shape index (κ3) is 5.45. The lowest BCUT2D eigenvalue weighted by molar-refractivity contribution is -0.151. The number of likely N-dealkylation sites (tertiary alicyclic amines) is 1. The smallest absolute Gasteiger partial charge is 0.248 e. The number of carbonyl (C=O) groups is 1. The molecular formula is C27H33N3O4. The van der Waals surface area contributed by atoms with Gasteiger partial charge in [0.25, 0.3) is 0 Å². The maximum atomic E-state index is 12.4. The van der Waals surface area contributed by atoms with E-state index in [4.69, 9.17) is 19.5 Å². The number of hydrogen-bond donors (Lipinski definition) is 0. The standard InChI is InChI=1S/C27H33N3O4/c28-15-21-6-7-24-25(14-21)34-23(18-32-24)16-29-11-8-20(9-12-29)10-13-30-17-26(33-19-27(30)31)22-4-2-1-3-5-22/h1-4,6-7,14,20,22-23,26H,5,8-13,16-19H2. The molecule has 1 aromatic rings. The lowest BCUT2D eigenvalue weighted by Crippen LogP contribution is -2.49. The predicted octanol–water partition coefficient (Wildman–Crippen LogP) is 3.16. The van der Waals surface area contributed by atoms with Crippen LogP contribution in [-0.4, -0.2) is 73.9 Å². The molecule has 0 bridgehead atoms. The van der Waals surface area contributed by atoms with Gasteiger partial charge in [0.05, 0.1) is 17.7 Å². The number of rotatable bonds is 6. The first-order valence-electron chi connectivity index (χ1n) is 12.5. The van der Waals surface area contributed by atoms with Crippen LogP contribution in [-0.2, 0) is 9.53 Å². The van der Waals surface area contributed by atoms with Gasteiger partial charge in [-0.2, -0.15) is 5.26 Å². The molecule has 34 heavy (non-hydrogen) atoms. The molecule has 0 radical (unpaired) electrons. The maximum absolute atomic E-state index is 12.4. The summed E-state index contributed by atoms with van der Waals surface area (Å²) in [5.74, 6) is 2.51. The van der Waals surface area contributed by atoms with Gasteiger partial charge in [0.1, 0.15) is 19.3 Å². The van der Waals surface area contributed by atoms with Crippen molar-refractivity contribution in [1.29, 1.82) is 5.26 Å². The molecule has 7 heteroatoms. The fraction of sp³-hybridized carbons (Fsp3) is 0.556. The average Bonchev–Trinajstić information content (AvgIpc) is 2.89. The van der Waals surface area contributed by atoms with Crippen LogP contribution in [0.2, 0.25) is 0 Å². The van der Waals surface area contributed by atoms with Crippen LogP contribution in [0.1, 0.15) is 31.2 Å². The van der Waals surface area contributed by atoms with Crippen molar-refractivity contribution in [3.05, 3.63) is 48.1 Å². The molecule has 2 saturated heterocycles. The summed E-state index contributed by atoms with van der Waals surface area (Å²) in [6.45, 7) is 5.17. The van der Waals surface area contributed by atoms with E-state index in [-0.39, 0.29) is 24.7 Å². The minimum Gasteiger partial charge on any atom is -0.486 e. The quantitative estimate of drug-likeness (QED) is 0.645. The number of nitrogens with zero attached hydrogens (tertiary/aromatic N) is 3. The minimum absolute atomic E-state index is 0.0235. The fourth-order valence-electron chi connectivity index (χ4n) is 5.35. The summed E-state index contributed by atoms with van der Waals surface area (Å²) in [5, 5.41) is 9.12. The molecule has 2 fully saturated rings. The average molecular weight is 464 g/mol. The van der Waals surface area contributed by atoms with Crippen molar-refractivity contribution in [1.82, 2.24) is 9.80 Å². The van der Waals surface area contributed by atoms with Crippen LogP contribution in [0.3, 0.4) is 0 Å². The van der Waals surface area contributed by atoms with Gasteiger partial charge in [-0.15, -0.1) is 0 Å². The molecule has 4 aliphatic rings. The summed E-state index contributed by atoms with van der Waals surface area (Å²) in [4.78, 5) is 16.9. The summed E-state index contributed by atoms with van der Waals surface area (Å²) >= 11 is 0. The molecule has 1 aromatic carbocycles. The molecule has 0 N–H and O–H groups in total. The highest BCUT2D eigenvalue weighted by atomic mass is 16.6. The molecule has 3 unspecified atom stereocenters. The van der Waals surface area contributed by atoms with Crippen LogP contribution in [0.15, 0.2) is 42.5 Å². The zero-order valence-corrected chi connectivity index (χ0v) is 19.6. The zero-order chi connectivity index (χ0) is 23.3. The molecule has 0 aromatic heterocycles. The van der Waals surface area contributed by atoms with Crippen LogP contribution < -0.4 is 9.47 Å². The van der Waals surface area contributed by atoms with Crippen LogP contribution in [0, 0.1) is 23.2 Å². The Hall–Kier alpha value is -2.82. The zero-order valence-electron chi connectivity index (χ0n) is 19.6. The van der Waals surface area contributed by atoms with Crippen LogP contribution in [0.4, 0.5) is 0 Å². The van der Waals surface area contributed by atoms with E-state index in [0.29, 0.717) is 42.0 Å². The molecule has 3 heterocycles. The Balaban J connectivity index is 1.05. The van der Waals surface area contributed by atoms with E-state index in [2.05, 4.69) is 35.3 Å². The number of allylic oxidation sites excluding steroid dienone is 3. The Kier molecular flexibility index (Phi) is 7.17. The number of hydrogen-bond acceptors (Lipinski definition) is 6. The SMILES string of the molecule is N#Cc1ccc2c(c1)OC(CN1CCC(CCN3CC(C4C=CC=CC4)OCC3=O)CC1)CO2. The maximum Gasteiger partial charge on any atom is 0.248 e. The summed E-state index contributed by atoms with van der Waals surface area (Å²) in [6.07, 6.45) is 12.9. The summed E-state index contributed by atoms with van der Waals surface area (Å²) in [7, 11) is 0. The molecule has 0 spiro atoms. The third-order valence-electron chi connectivity index (χ3n) is 7.43. The van der Waals surface area contributed by atoms with E-state index >= 15 is 0 Å². The van der Waals surface area contributed by atoms with Crippen molar-refractivity contribution in [3.63, 3.8) is 0 Å². The number of piperidine rings is 1. The monoisotopic (exact) mass is 463 g/mol. The van der Waals surface area contributed by atoms with E-state index in [9.17, 15) is 4.79 Å². The highest BCUT2D eigenvalue weighted by molar-refractivity contribution is 5.78. The number of nitriles is 1. The second kappa shape index (κ2) is 10.6. The van der Waals surface area contributed by atoms with Gasteiger partial charge < -0.3 is 19.1 Å². The molecule has 0 saturated carbocycles. The minimum atomic E-state index is -0.0235. The van der Waals surface area contributed by atoms with Gasteiger partial charge in [0.15, 0.2) is 11.5 Å². The Labute approximate surface area is 201 Å². The van der Waals surface area contributed by atoms with Gasteiger partial charge >= 0.3 is 0 Å². The Bertz CT molecular complexity index is 977. The molecule has 5 rings (SSSR count). The van der Waals surface area contributed by atoms with Crippen molar-refractivity contribution >= 4 is 5.91 Å². The third-order valence-corrected chi connectivity index (χ3v) is 7.43. The number of fused-ring (bicyclic) bond motifs is 1. The van der Waals surface area contributed by atoms with Gasteiger partial charge in [-0.05, 0) is 56.8 Å². The van der Waals surface area contributed by atoms with E-state index in [1.54, 1.807) is 18.2 Å². The van der Waals surface area contributed by atoms with Crippen LogP contribution >= 0.6 is 0 Å². The van der Waals surface area contributed by atoms with Crippen LogP contribution in [0.5, 0.6) is 11.5 Å². The lowest BCUT2D eigenvalue weighted by Gasteiger charge is -2.38. The van der Waals surface area contributed by atoms with E-state index in [0.717, 1.165) is 51.9 Å². The summed E-state index contributed by atoms with van der Waals surface area (Å²) in [5.41, 5.74) is 0.584. The second-order valence-corrected chi connectivity index (χ2v) is 9.76. The van der Waals surface area contributed by atoms with Crippen molar-refractivity contribution in [2.24, 2.45) is 11.8 Å². The van der Waals surface area contributed by atoms with Gasteiger partial charge in [-0.3, -0.25) is 9.69 Å². The molecule has 7 nitrogen and oxygen atoms in total. The second-order valence-electron chi connectivity index (χ2n) is 9.76. The molecule has 3 aliphatic heterocycles. The van der Waals surface area contributed by atoms with Gasteiger partial charge in [-0.25, -0.2) is 0 Å². The Morgan fingerprint density at radius 1 is 1.15 bits per heavy atom. The van der Waals surface area contributed by atoms with Crippen LogP contribution in [0.25, 0.3) is 0 Å². The summed E-state index contributed by atoms with van der Waals surface area (Å²) in [6, 6.07) is 7.47. The lowest BCUT2D eigenvalue weighted by atomic mass is 9.91. The molecule has 180 valence electrons. The first-order chi connectivity index (χ1) is 16.7. The first-order valence-corrected chi connectivity index (χ1v) is 12.5. The first kappa shape index (κ1) is 22.9. The number of benzene rings is 1. The van der Waals surface area contributed by atoms with Gasteiger partial charge in [0, 0.05) is 31.6 Å². The highest BCUT2D eigenvalue weighted by Gasteiger charge is 2.32. The normalized spacial score (nSPS) is 27.6. The van der Waals surface area contributed by atoms with Crippen molar-refractivity contribution in [3.8, 4) is 17.6 Å². The fourth-order valence-corrected chi connectivity index (χ4v) is 5.35. The van der Waals surface area contributed by atoms with E-state index < -0.39 is 0 Å². The van der Waals surface area contributed by atoms with Crippen molar-refractivity contribution in [2.75, 3.05) is 45.9 Å². The largest absolute Gasteiger partial charge is 0.486 e. The van der Waals surface area contributed by atoms with E-state index in [1.165, 1.54) is 0 Å².